The van der Waals surface area contributed by atoms with Crippen LogP contribution in [0.5, 0.6) is 0 Å². The van der Waals surface area contributed by atoms with Crippen molar-refractivity contribution in [2.75, 3.05) is 0 Å². The van der Waals surface area contributed by atoms with E-state index in [9.17, 15) is 4.79 Å². The molecule has 0 bridgehead atoms. The van der Waals surface area contributed by atoms with Gasteiger partial charge in [0.25, 0.3) is 0 Å². The highest BCUT2D eigenvalue weighted by Crippen LogP contribution is 3.06. The van der Waals surface area contributed by atoms with Gasteiger partial charge in [-0.2, -0.15) is 0 Å². The van der Waals surface area contributed by atoms with Gasteiger partial charge in [-0.3, -0.25) is 4.79 Å². The van der Waals surface area contributed by atoms with Crippen molar-refractivity contribution in [1.82, 2.24) is 0 Å². The normalized spacial score (nSPS) is 72.2. The van der Waals surface area contributed by atoms with Crippen LogP contribution >= 0.6 is 0 Å². The van der Waals surface area contributed by atoms with Gasteiger partial charge in [0.15, 0.2) is 0 Å². The molecule has 0 aromatic rings. The summed E-state index contributed by atoms with van der Waals surface area (Å²) in [5.74, 6) is 3.47. The van der Waals surface area contributed by atoms with Crippen molar-refractivity contribution in [2.24, 2.45) is 45.8 Å². The Morgan fingerprint density at radius 1 is 1.24 bits per heavy atom. The van der Waals surface area contributed by atoms with Crippen LogP contribution in [-0.2, 0) is 4.79 Å². The molecule has 5 fully saturated rings. The Hall–Kier alpha value is -0.530. The summed E-state index contributed by atoms with van der Waals surface area (Å²) in [6, 6.07) is 0. The van der Waals surface area contributed by atoms with Crippen LogP contribution in [0.3, 0.4) is 0 Å². The topological polar surface area (TPSA) is 37.3 Å². The standard InChI is InChI=1S/C15H20O2/c1-13-6-14(2)11-8(5-10(16)17)7-3-4-9(13)15(13,14)12(7)11/h7-9,11-12H,3-6H2,1-2H3,(H,16,17)/t7-,8+,9?,11+,12-,13?,14?,15?/m1/s1. The zero-order valence-corrected chi connectivity index (χ0v) is 10.6. The summed E-state index contributed by atoms with van der Waals surface area (Å²) in [6.45, 7) is 4.99. The Kier molecular flexibility index (Phi) is 1.15. The van der Waals surface area contributed by atoms with Crippen molar-refractivity contribution in [3.8, 4) is 0 Å². The lowest BCUT2D eigenvalue weighted by Crippen LogP contribution is -2.78. The highest BCUT2D eigenvalue weighted by atomic mass is 16.4. The first-order valence-electron chi connectivity index (χ1n) is 7.20. The highest BCUT2D eigenvalue weighted by molar-refractivity contribution is 5.68. The van der Waals surface area contributed by atoms with E-state index in [0.29, 0.717) is 28.6 Å². The molecule has 92 valence electrons. The predicted octanol–water partition coefficient (Wildman–Crippen LogP) is 2.78. The Bertz CT molecular complexity index is 472. The minimum Gasteiger partial charge on any atom is -0.481 e. The van der Waals surface area contributed by atoms with E-state index in [1.165, 1.54) is 19.3 Å². The Morgan fingerprint density at radius 2 is 2.00 bits per heavy atom. The van der Waals surface area contributed by atoms with Crippen LogP contribution in [0.15, 0.2) is 0 Å². The summed E-state index contributed by atoms with van der Waals surface area (Å²) < 4.78 is 0. The average Bonchev–Trinajstić information content (AvgIpc) is 2.68. The first-order chi connectivity index (χ1) is 7.98. The Balaban J connectivity index is 1.55. The van der Waals surface area contributed by atoms with Crippen LogP contribution in [0.1, 0.15) is 39.5 Å². The summed E-state index contributed by atoms with van der Waals surface area (Å²) in [6.07, 6.45) is 4.57. The first-order valence-corrected chi connectivity index (χ1v) is 7.20. The molecule has 5 aliphatic rings. The minimum atomic E-state index is -0.571. The van der Waals surface area contributed by atoms with Crippen LogP contribution < -0.4 is 0 Å². The van der Waals surface area contributed by atoms with Gasteiger partial charge in [0, 0.05) is 6.42 Å². The van der Waals surface area contributed by atoms with Crippen molar-refractivity contribution >= 4 is 5.97 Å². The van der Waals surface area contributed by atoms with Crippen LogP contribution in [-0.4, -0.2) is 11.1 Å². The van der Waals surface area contributed by atoms with Crippen LogP contribution in [0.4, 0.5) is 0 Å². The van der Waals surface area contributed by atoms with Gasteiger partial charge in [0.05, 0.1) is 0 Å². The molecule has 0 radical (unpaired) electrons. The monoisotopic (exact) mass is 232 g/mol. The van der Waals surface area contributed by atoms with E-state index in [-0.39, 0.29) is 0 Å². The van der Waals surface area contributed by atoms with Crippen molar-refractivity contribution in [2.45, 2.75) is 39.5 Å². The fourth-order valence-electron chi connectivity index (χ4n) is 8.41. The molecule has 5 saturated carbocycles. The van der Waals surface area contributed by atoms with Gasteiger partial charge in [-0.15, -0.1) is 0 Å². The lowest BCUT2D eigenvalue weighted by Gasteiger charge is -2.82. The number of aliphatic carboxylic acids is 1. The molecule has 17 heavy (non-hydrogen) atoms. The average molecular weight is 232 g/mol. The molecule has 0 aromatic carbocycles. The molecular weight excluding hydrogens is 212 g/mol. The van der Waals surface area contributed by atoms with E-state index in [1.807, 2.05) is 0 Å². The number of fused-ring (bicyclic) bond motifs is 2. The van der Waals surface area contributed by atoms with Gasteiger partial charge in [-0.05, 0) is 65.1 Å². The van der Waals surface area contributed by atoms with Crippen molar-refractivity contribution < 1.29 is 9.90 Å². The molecule has 0 aliphatic heterocycles. The van der Waals surface area contributed by atoms with E-state index in [4.69, 9.17) is 5.11 Å². The molecule has 0 amide bonds. The predicted molar refractivity (Wildman–Crippen MR) is 62.2 cm³/mol. The lowest BCUT2D eigenvalue weighted by atomic mass is 9.22. The molecule has 1 spiro atoms. The first kappa shape index (κ1) is 9.41. The van der Waals surface area contributed by atoms with Crippen molar-refractivity contribution in [3.05, 3.63) is 0 Å². The Labute approximate surface area is 102 Å². The number of hydrogen-bond donors (Lipinski definition) is 1. The Morgan fingerprint density at radius 3 is 2.71 bits per heavy atom. The van der Waals surface area contributed by atoms with Gasteiger partial charge in [-0.1, -0.05) is 13.8 Å². The zero-order chi connectivity index (χ0) is 11.8. The number of rotatable bonds is 2. The van der Waals surface area contributed by atoms with E-state index in [0.717, 1.165) is 23.7 Å². The number of carbonyl (C=O) groups is 1. The van der Waals surface area contributed by atoms with Crippen LogP contribution in [0, 0.1) is 45.8 Å². The van der Waals surface area contributed by atoms with Crippen molar-refractivity contribution in [1.29, 1.82) is 0 Å². The number of carboxylic acids is 1. The number of carboxylic acid groups (broad SMARTS) is 1. The molecule has 0 saturated heterocycles. The largest absolute Gasteiger partial charge is 0.481 e. The van der Waals surface area contributed by atoms with Gasteiger partial charge in [-0.25, -0.2) is 0 Å². The van der Waals surface area contributed by atoms with Crippen LogP contribution in [0.2, 0.25) is 0 Å². The molecular formula is C15H20O2. The van der Waals surface area contributed by atoms with E-state index in [2.05, 4.69) is 13.8 Å². The molecule has 8 atom stereocenters. The van der Waals surface area contributed by atoms with E-state index < -0.39 is 5.97 Å². The maximum Gasteiger partial charge on any atom is 0.303 e. The summed E-state index contributed by atoms with van der Waals surface area (Å²) in [5.41, 5.74) is 1.95. The molecule has 0 heterocycles. The molecule has 4 unspecified atom stereocenters. The fraction of sp³-hybridized carbons (Fsp3) is 0.933. The number of hydrogen-bond acceptors (Lipinski definition) is 1. The maximum atomic E-state index is 11.0. The molecule has 2 nitrogen and oxygen atoms in total. The second kappa shape index (κ2) is 2.08. The third-order valence-corrected chi connectivity index (χ3v) is 8.18. The maximum absolute atomic E-state index is 11.0. The molecule has 0 aromatic heterocycles. The van der Waals surface area contributed by atoms with E-state index in [1.54, 1.807) is 0 Å². The minimum absolute atomic E-state index is 0.443. The third kappa shape index (κ3) is 0.565. The smallest absolute Gasteiger partial charge is 0.303 e. The fourth-order valence-corrected chi connectivity index (χ4v) is 8.41. The summed E-state index contributed by atoms with van der Waals surface area (Å²) in [5, 5.41) is 9.08. The molecule has 5 rings (SSSR count). The third-order valence-electron chi connectivity index (χ3n) is 8.18. The van der Waals surface area contributed by atoms with Gasteiger partial charge >= 0.3 is 5.97 Å². The van der Waals surface area contributed by atoms with Gasteiger partial charge in [0.2, 0.25) is 0 Å². The van der Waals surface area contributed by atoms with Crippen LogP contribution in [0.25, 0.3) is 0 Å². The SMILES string of the molecule is CC12CC3(C)[C@H]4[C@@H](CC(=O)O)[C@H]5CCC1C23[C@H]54. The second-order valence-electron chi connectivity index (χ2n) is 7.99. The molecule has 5 aliphatic carbocycles. The quantitative estimate of drug-likeness (QED) is 0.795. The lowest BCUT2D eigenvalue weighted by molar-refractivity contribution is -0.349. The summed E-state index contributed by atoms with van der Waals surface area (Å²) in [4.78, 5) is 11.0. The summed E-state index contributed by atoms with van der Waals surface area (Å²) >= 11 is 0. The van der Waals surface area contributed by atoms with Gasteiger partial charge < -0.3 is 5.11 Å². The second-order valence-corrected chi connectivity index (χ2v) is 7.99. The van der Waals surface area contributed by atoms with Crippen molar-refractivity contribution in [3.63, 3.8) is 0 Å². The zero-order valence-electron chi connectivity index (χ0n) is 10.6. The molecule has 2 heteroatoms. The van der Waals surface area contributed by atoms with Gasteiger partial charge in [0.1, 0.15) is 0 Å². The summed E-state index contributed by atoms with van der Waals surface area (Å²) in [7, 11) is 0. The highest BCUT2D eigenvalue weighted by Gasteiger charge is 3.01. The molecule has 1 N–H and O–H groups in total. The van der Waals surface area contributed by atoms with E-state index >= 15 is 0 Å².